The molecule has 2 aromatic rings. The van der Waals surface area contributed by atoms with Crippen LogP contribution in [-0.2, 0) is 24.1 Å². The normalized spacial score (nSPS) is 17.5. The highest BCUT2D eigenvalue weighted by Crippen LogP contribution is 2.35. The van der Waals surface area contributed by atoms with Gasteiger partial charge in [-0.3, -0.25) is 9.78 Å². The van der Waals surface area contributed by atoms with E-state index >= 15 is 0 Å². The predicted molar refractivity (Wildman–Crippen MR) is 98.6 cm³/mol. The minimum Gasteiger partial charge on any atom is -0.481 e. The first-order chi connectivity index (χ1) is 14.1. The Morgan fingerprint density at radius 1 is 1.30 bits per heavy atom. The van der Waals surface area contributed by atoms with Gasteiger partial charge in [0.15, 0.2) is 0 Å². The zero-order chi connectivity index (χ0) is 21.7. The van der Waals surface area contributed by atoms with Crippen LogP contribution in [0.2, 0.25) is 0 Å². The lowest BCUT2D eigenvalue weighted by atomic mass is 9.89. The SMILES string of the molecule is COc1nc(C)nc2c1CN(C(=O)CC1(O)CN(c3ccnc(C(F)(F)F)c3)C1)C2. The number of amides is 1. The summed E-state index contributed by atoms with van der Waals surface area (Å²) < 4.78 is 43.8. The van der Waals surface area contributed by atoms with Crippen LogP contribution in [-0.4, -0.2) is 56.7 Å². The Morgan fingerprint density at radius 3 is 2.70 bits per heavy atom. The molecule has 4 rings (SSSR count). The molecule has 0 aromatic carbocycles. The number of alkyl halides is 3. The number of methoxy groups -OCH3 is 1. The summed E-state index contributed by atoms with van der Waals surface area (Å²) in [6.07, 6.45) is -3.60. The van der Waals surface area contributed by atoms with Crippen LogP contribution in [0.4, 0.5) is 18.9 Å². The van der Waals surface area contributed by atoms with Gasteiger partial charge in [-0.2, -0.15) is 18.2 Å². The van der Waals surface area contributed by atoms with E-state index in [4.69, 9.17) is 4.74 Å². The zero-order valence-corrected chi connectivity index (χ0v) is 16.4. The van der Waals surface area contributed by atoms with E-state index in [-0.39, 0.29) is 32.0 Å². The molecule has 11 heteroatoms. The number of hydrogen-bond donors (Lipinski definition) is 1. The van der Waals surface area contributed by atoms with E-state index in [1.807, 2.05) is 0 Å². The summed E-state index contributed by atoms with van der Waals surface area (Å²) >= 11 is 0. The number of ether oxygens (including phenoxy) is 1. The number of nitrogens with zero attached hydrogens (tertiary/aromatic N) is 5. The Bertz CT molecular complexity index is 992. The van der Waals surface area contributed by atoms with Gasteiger partial charge in [-0.15, -0.1) is 0 Å². The fourth-order valence-corrected chi connectivity index (χ4v) is 3.81. The minimum absolute atomic E-state index is 0.0586. The van der Waals surface area contributed by atoms with Gasteiger partial charge in [0, 0.05) is 25.0 Å². The molecule has 0 aliphatic carbocycles. The molecule has 1 amide bonds. The Balaban J connectivity index is 1.39. The molecule has 8 nitrogen and oxygen atoms in total. The molecule has 1 fully saturated rings. The van der Waals surface area contributed by atoms with E-state index in [1.54, 1.807) is 16.7 Å². The highest BCUT2D eigenvalue weighted by atomic mass is 19.4. The van der Waals surface area contributed by atoms with E-state index in [0.717, 1.165) is 17.8 Å². The van der Waals surface area contributed by atoms with Gasteiger partial charge in [-0.25, -0.2) is 4.98 Å². The Morgan fingerprint density at radius 2 is 2.03 bits per heavy atom. The van der Waals surface area contributed by atoms with Crippen molar-refractivity contribution in [1.82, 2.24) is 19.9 Å². The summed E-state index contributed by atoms with van der Waals surface area (Å²) in [5, 5.41) is 10.7. The summed E-state index contributed by atoms with van der Waals surface area (Å²) in [7, 11) is 1.50. The summed E-state index contributed by atoms with van der Waals surface area (Å²) in [4.78, 5) is 27.8. The van der Waals surface area contributed by atoms with Crippen LogP contribution in [0.3, 0.4) is 0 Å². The molecule has 2 aliphatic heterocycles. The largest absolute Gasteiger partial charge is 0.481 e. The highest BCUT2D eigenvalue weighted by molar-refractivity contribution is 5.79. The first kappa shape index (κ1) is 20.3. The van der Waals surface area contributed by atoms with Crippen LogP contribution in [0.25, 0.3) is 0 Å². The molecule has 0 atom stereocenters. The van der Waals surface area contributed by atoms with Crippen molar-refractivity contribution in [3.8, 4) is 5.88 Å². The van der Waals surface area contributed by atoms with Gasteiger partial charge >= 0.3 is 6.18 Å². The molecule has 0 spiro atoms. The molecule has 4 heterocycles. The fraction of sp³-hybridized carbons (Fsp3) is 0.474. The Labute approximate surface area is 170 Å². The van der Waals surface area contributed by atoms with Crippen molar-refractivity contribution in [1.29, 1.82) is 0 Å². The molecule has 30 heavy (non-hydrogen) atoms. The first-order valence-electron chi connectivity index (χ1n) is 9.27. The smallest absolute Gasteiger partial charge is 0.433 e. The standard InChI is InChI=1S/C19H20F3N5O3/c1-11-24-14-8-26(7-13(14)17(25-11)30-2)16(28)6-18(29)9-27(10-18)12-3-4-23-15(5-12)19(20,21)22/h3-5,29H,6-10H2,1-2H3. The number of β-amino-alcohol motifs (C(OH)–C–C–N with tert-alkyl or cyclic N) is 1. The molecular weight excluding hydrogens is 403 g/mol. The monoisotopic (exact) mass is 423 g/mol. The number of carbonyl (C=O) groups is 1. The average Bonchev–Trinajstić information content (AvgIpc) is 3.08. The number of anilines is 1. The number of aromatic nitrogens is 3. The molecule has 0 radical (unpaired) electrons. The van der Waals surface area contributed by atoms with Crippen LogP contribution in [0.1, 0.15) is 29.2 Å². The quantitative estimate of drug-likeness (QED) is 0.800. The van der Waals surface area contributed by atoms with Gasteiger partial charge in [0.05, 0.1) is 37.9 Å². The Hall–Kier alpha value is -2.95. The van der Waals surface area contributed by atoms with Crippen LogP contribution < -0.4 is 9.64 Å². The average molecular weight is 423 g/mol. The van der Waals surface area contributed by atoms with Gasteiger partial charge in [0.2, 0.25) is 11.8 Å². The first-order valence-corrected chi connectivity index (χ1v) is 9.27. The number of hydrogen-bond acceptors (Lipinski definition) is 7. The summed E-state index contributed by atoms with van der Waals surface area (Å²) in [5.74, 6) is 0.712. The van der Waals surface area contributed by atoms with Crippen LogP contribution >= 0.6 is 0 Å². The molecule has 0 bridgehead atoms. The van der Waals surface area contributed by atoms with Crippen molar-refractivity contribution in [3.63, 3.8) is 0 Å². The predicted octanol–water partition coefficient (Wildman–Crippen LogP) is 1.69. The second kappa shape index (κ2) is 7.08. The lowest BCUT2D eigenvalue weighted by Gasteiger charge is -2.48. The third kappa shape index (κ3) is 3.76. The van der Waals surface area contributed by atoms with Crippen molar-refractivity contribution in [2.24, 2.45) is 0 Å². The van der Waals surface area contributed by atoms with Gasteiger partial charge in [-0.05, 0) is 19.1 Å². The second-order valence-electron chi connectivity index (χ2n) is 7.61. The Kier molecular flexibility index (Phi) is 4.80. The van der Waals surface area contributed by atoms with Crippen molar-refractivity contribution in [2.45, 2.75) is 38.2 Å². The number of aryl methyl sites for hydroxylation is 1. The fourth-order valence-electron chi connectivity index (χ4n) is 3.81. The van der Waals surface area contributed by atoms with Crippen molar-refractivity contribution in [3.05, 3.63) is 41.1 Å². The molecule has 1 saturated heterocycles. The maximum absolute atomic E-state index is 12.8. The summed E-state index contributed by atoms with van der Waals surface area (Å²) in [6.45, 7) is 2.44. The number of halogens is 3. The van der Waals surface area contributed by atoms with Gasteiger partial charge in [-0.1, -0.05) is 0 Å². The van der Waals surface area contributed by atoms with Crippen LogP contribution in [0.15, 0.2) is 18.3 Å². The molecule has 2 aliphatic rings. The van der Waals surface area contributed by atoms with Crippen molar-refractivity contribution < 1.29 is 27.8 Å². The number of fused-ring (bicyclic) bond motifs is 1. The number of pyridine rings is 1. The molecular formula is C19H20F3N5O3. The van der Waals surface area contributed by atoms with Gasteiger partial charge in [0.1, 0.15) is 17.1 Å². The topological polar surface area (TPSA) is 91.7 Å². The van der Waals surface area contributed by atoms with E-state index in [2.05, 4.69) is 15.0 Å². The maximum Gasteiger partial charge on any atom is 0.433 e. The van der Waals surface area contributed by atoms with Gasteiger partial charge in [0.25, 0.3) is 0 Å². The van der Waals surface area contributed by atoms with Crippen molar-refractivity contribution >= 4 is 11.6 Å². The highest BCUT2D eigenvalue weighted by Gasteiger charge is 2.45. The van der Waals surface area contributed by atoms with Crippen molar-refractivity contribution in [2.75, 3.05) is 25.1 Å². The van der Waals surface area contributed by atoms with E-state index < -0.39 is 17.5 Å². The molecule has 0 unspecified atom stereocenters. The number of carbonyl (C=O) groups excluding carboxylic acids is 1. The lowest BCUT2D eigenvalue weighted by Crippen LogP contribution is -2.63. The van der Waals surface area contributed by atoms with E-state index in [9.17, 15) is 23.1 Å². The van der Waals surface area contributed by atoms with Gasteiger partial charge < -0.3 is 19.6 Å². The second-order valence-corrected chi connectivity index (χ2v) is 7.61. The molecule has 1 N–H and O–H groups in total. The maximum atomic E-state index is 12.8. The molecule has 160 valence electrons. The zero-order valence-electron chi connectivity index (χ0n) is 16.4. The molecule has 0 saturated carbocycles. The van der Waals surface area contributed by atoms with Crippen LogP contribution in [0, 0.1) is 6.92 Å². The van der Waals surface area contributed by atoms with Crippen LogP contribution in [0.5, 0.6) is 5.88 Å². The minimum atomic E-state index is -4.54. The number of rotatable bonds is 4. The lowest BCUT2D eigenvalue weighted by molar-refractivity contribution is -0.141. The number of aliphatic hydroxyl groups is 1. The molecule has 2 aromatic heterocycles. The summed E-state index contributed by atoms with van der Waals surface area (Å²) in [6, 6.07) is 2.38. The third-order valence-corrected chi connectivity index (χ3v) is 5.25. The summed E-state index contributed by atoms with van der Waals surface area (Å²) in [5.41, 5.74) is -0.536. The van der Waals surface area contributed by atoms with E-state index in [0.29, 0.717) is 29.6 Å². The van der Waals surface area contributed by atoms with E-state index in [1.165, 1.54) is 13.2 Å². The third-order valence-electron chi connectivity index (χ3n) is 5.25.